The van der Waals surface area contributed by atoms with E-state index in [4.69, 9.17) is 4.42 Å². The lowest BCUT2D eigenvalue weighted by molar-refractivity contribution is -0.137. The molecule has 6 heteroatoms. The molecule has 1 atom stereocenters. The Labute approximate surface area is 114 Å². The zero-order valence-corrected chi connectivity index (χ0v) is 11.2. The first kappa shape index (κ1) is 14.6. The number of rotatable bonds is 4. The Morgan fingerprint density at radius 2 is 1.90 bits per heavy atom. The molecule has 1 aromatic carbocycles. The molecule has 0 aliphatic rings. The molecule has 3 nitrogen and oxygen atoms in total. The lowest BCUT2D eigenvalue weighted by Gasteiger charge is -2.07. The molecule has 1 unspecified atom stereocenters. The number of hydrogen-bond acceptors (Lipinski definition) is 3. The smallest absolute Gasteiger partial charge is 0.416 e. The van der Waals surface area contributed by atoms with Gasteiger partial charge in [-0.15, -0.1) is 0 Å². The number of oxazole rings is 1. The van der Waals surface area contributed by atoms with Crippen LogP contribution in [0.15, 0.2) is 34.9 Å². The van der Waals surface area contributed by atoms with E-state index in [1.54, 1.807) is 6.20 Å². The van der Waals surface area contributed by atoms with E-state index >= 15 is 0 Å². The second-order valence-corrected chi connectivity index (χ2v) is 4.54. The molecule has 0 saturated carbocycles. The molecule has 1 heterocycles. The molecule has 0 fully saturated rings. The van der Waals surface area contributed by atoms with Gasteiger partial charge in [0, 0.05) is 6.42 Å². The molecule has 0 amide bonds. The maximum absolute atomic E-state index is 12.4. The van der Waals surface area contributed by atoms with Crippen molar-refractivity contribution < 1.29 is 17.6 Å². The molecule has 1 aromatic heterocycles. The predicted molar refractivity (Wildman–Crippen MR) is 68.2 cm³/mol. The van der Waals surface area contributed by atoms with Crippen molar-refractivity contribution in [3.8, 4) is 0 Å². The van der Waals surface area contributed by atoms with E-state index in [0.717, 1.165) is 17.7 Å². The third-order valence-electron chi connectivity index (χ3n) is 3.07. The third-order valence-corrected chi connectivity index (χ3v) is 3.07. The Kier molecular flexibility index (Phi) is 4.13. The number of hydrogen-bond donors (Lipinski definition) is 1. The van der Waals surface area contributed by atoms with E-state index in [1.165, 1.54) is 12.1 Å². The van der Waals surface area contributed by atoms with Gasteiger partial charge in [0.15, 0.2) is 5.89 Å². The average molecular weight is 284 g/mol. The SMILES string of the molecule is CNC(C)c1cnc(Cc2ccc(C(F)(F)F)cc2)o1. The second-order valence-electron chi connectivity index (χ2n) is 4.54. The minimum absolute atomic E-state index is 0.0452. The number of aromatic nitrogens is 1. The minimum atomic E-state index is -4.31. The van der Waals surface area contributed by atoms with Crippen molar-refractivity contribution in [3.05, 3.63) is 53.2 Å². The summed E-state index contributed by atoms with van der Waals surface area (Å²) in [7, 11) is 1.81. The molecule has 108 valence electrons. The van der Waals surface area contributed by atoms with Gasteiger partial charge < -0.3 is 9.73 Å². The van der Waals surface area contributed by atoms with E-state index in [1.807, 2.05) is 14.0 Å². The van der Waals surface area contributed by atoms with Crippen LogP contribution in [0.25, 0.3) is 0 Å². The Morgan fingerprint density at radius 1 is 1.25 bits per heavy atom. The number of benzene rings is 1. The lowest BCUT2D eigenvalue weighted by atomic mass is 10.1. The molecular formula is C14H15F3N2O. The first-order valence-electron chi connectivity index (χ1n) is 6.18. The van der Waals surface area contributed by atoms with Crippen LogP contribution in [-0.4, -0.2) is 12.0 Å². The fourth-order valence-electron chi connectivity index (χ4n) is 1.73. The monoisotopic (exact) mass is 284 g/mol. The highest BCUT2D eigenvalue weighted by Crippen LogP contribution is 2.29. The van der Waals surface area contributed by atoms with Crippen LogP contribution in [0, 0.1) is 0 Å². The van der Waals surface area contributed by atoms with E-state index in [-0.39, 0.29) is 6.04 Å². The maximum Gasteiger partial charge on any atom is 0.416 e. The van der Waals surface area contributed by atoms with Crippen molar-refractivity contribution in [2.24, 2.45) is 0 Å². The molecule has 0 aliphatic heterocycles. The standard InChI is InChI=1S/C14H15F3N2O/c1-9(18-2)12-8-19-13(20-12)7-10-3-5-11(6-4-10)14(15,16)17/h3-6,8-9,18H,7H2,1-2H3. The molecule has 2 rings (SSSR count). The minimum Gasteiger partial charge on any atom is -0.444 e. The largest absolute Gasteiger partial charge is 0.444 e. The fourth-order valence-corrected chi connectivity index (χ4v) is 1.73. The number of nitrogens with zero attached hydrogens (tertiary/aromatic N) is 1. The lowest BCUT2D eigenvalue weighted by Crippen LogP contribution is -2.11. The van der Waals surface area contributed by atoms with Crippen LogP contribution in [0.3, 0.4) is 0 Å². The normalized spacial score (nSPS) is 13.4. The maximum atomic E-state index is 12.4. The zero-order valence-electron chi connectivity index (χ0n) is 11.2. The molecule has 0 aliphatic carbocycles. The van der Waals surface area contributed by atoms with Crippen LogP contribution in [0.4, 0.5) is 13.2 Å². The molecule has 0 radical (unpaired) electrons. The van der Waals surface area contributed by atoms with Gasteiger partial charge in [-0.2, -0.15) is 13.2 Å². The fraction of sp³-hybridized carbons (Fsp3) is 0.357. The van der Waals surface area contributed by atoms with E-state index in [9.17, 15) is 13.2 Å². The zero-order chi connectivity index (χ0) is 14.8. The first-order valence-corrected chi connectivity index (χ1v) is 6.18. The molecule has 0 bridgehead atoms. The van der Waals surface area contributed by atoms with Gasteiger partial charge in [0.05, 0.1) is 17.8 Å². The summed E-state index contributed by atoms with van der Waals surface area (Å²) < 4.78 is 42.9. The van der Waals surface area contributed by atoms with Gasteiger partial charge in [0.2, 0.25) is 0 Å². The van der Waals surface area contributed by atoms with Gasteiger partial charge in [-0.1, -0.05) is 12.1 Å². The Balaban J connectivity index is 2.08. The number of nitrogens with one attached hydrogen (secondary N) is 1. The van der Waals surface area contributed by atoms with Crippen molar-refractivity contribution in [2.45, 2.75) is 25.6 Å². The number of halogens is 3. The van der Waals surface area contributed by atoms with E-state index in [2.05, 4.69) is 10.3 Å². The Morgan fingerprint density at radius 3 is 2.45 bits per heavy atom. The number of alkyl halides is 3. The van der Waals surface area contributed by atoms with Crippen LogP contribution in [0.1, 0.15) is 35.7 Å². The van der Waals surface area contributed by atoms with Crippen LogP contribution in [0.2, 0.25) is 0 Å². The molecule has 1 N–H and O–H groups in total. The summed E-state index contributed by atoms with van der Waals surface area (Å²) in [5.41, 5.74) is 0.0710. The highest BCUT2D eigenvalue weighted by molar-refractivity contribution is 5.26. The van der Waals surface area contributed by atoms with Crippen LogP contribution in [-0.2, 0) is 12.6 Å². The molecule has 0 spiro atoms. The van der Waals surface area contributed by atoms with Crippen molar-refractivity contribution in [1.82, 2.24) is 10.3 Å². The summed E-state index contributed by atoms with van der Waals surface area (Å²) in [6.45, 7) is 1.93. The Hall–Kier alpha value is -1.82. The van der Waals surface area contributed by atoms with Crippen LogP contribution in [0.5, 0.6) is 0 Å². The summed E-state index contributed by atoms with van der Waals surface area (Å²) >= 11 is 0. The van der Waals surface area contributed by atoms with Gasteiger partial charge in [-0.05, 0) is 31.7 Å². The average Bonchev–Trinajstić information content (AvgIpc) is 2.86. The topological polar surface area (TPSA) is 38.1 Å². The van der Waals surface area contributed by atoms with Gasteiger partial charge in [0.25, 0.3) is 0 Å². The molecule has 2 aromatic rings. The third kappa shape index (κ3) is 3.39. The van der Waals surface area contributed by atoms with Crippen molar-refractivity contribution in [3.63, 3.8) is 0 Å². The van der Waals surface area contributed by atoms with Crippen molar-refractivity contribution in [1.29, 1.82) is 0 Å². The van der Waals surface area contributed by atoms with E-state index < -0.39 is 11.7 Å². The molecule has 20 heavy (non-hydrogen) atoms. The Bertz CT molecular complexity index is 561. The van der Waals surface area contributed by atoms with Crippen LogP contribution < -0.4 is 5.32 Å². The quantitative estimate of drug-likeness (QED) is 0.932. The first-order chi connectivity index (χ1) is 9.40. The summed E-state index contributed by atoms with van der Waals surface area (Å²) in [5, 5.41) is 3.02. The summed E-state index contributed by atoms with van der Waals surface area (Å²) in [5.74, 6) is 1.19. The van der Waals surface area contributed by atoms with Gasteiger partial charge >= 0.3 is 6.18 Å². The van der Waals surface area contributed by atoms with Crippen molar-refractivity contribution >= 4 is 0 Å². The summed E-state index contributed by atoms with van der Waals surface area (Å²) in [4.78, 5) is 4.12. The highest BCUT2D eigenvalue weighted by atomic mass is 19.4. The van der Waals surface area contributed by atoms with Crippen LogP contribution >= 0.6 is 0 Å². The second kappa shape index (κ2) is 5.66. The van der Waals surface area contributed by atoms with Gasteiger partial charge in [-0.3, -0.25) is 0 Å². The highest BCUT2D eigenvalue weighted by Gasteiger charge is 2.29. The predicted octanol–water partition coefficient (Wildman–Crippen LogP) is 3.56. The molecular weight excluding hydrogens is 269 g/mol. The molecule has 0 saturated heterocycles. The van der Waals surface area contributed by atoms with Crippen molar-refractivity contribution in [2.75, 3.05) is 7.05 Å². The van der Waals surface area contributed by atoms with E-state index in [0.29, 0.717) is 18.1 Å². The summed E-state index contributed by atoms with van der Waals surface area (Å²) in [6.07, 6.45) is -2.31. The van der Waals surface area contributed by atoms with Gasteiger partial charge in [0.1, 0.15) is 5.76 Å². The summed E-state index contributed by atoms with van der Waals surface area (Å²) in [6, 6.07) is 5.05. The van der Waals surface area contributed by atoms with Gasteiger partial charge in [-0.25, -0.2) is 4.98 Å².